The Kier molecular flexibility index (Phi) is 3.61. The second kappa shape index (κ2) is 6.11. The number of hydrogen-bond acceptors (Lipinski definition) is 3. The largest absolute Gasteiger partial charge is 0.497 e. The molecule has 0 spiro atoms. The summed E-state index contributed by atoms with van der Waals surface area (Å²) in [7, 11) is 1.70. The molecule has 3 aromatic carbocycles. The van der Waals surface area contributed by atoms with Crippen LogP contribution in [0.2, 0.25) is 0 Å². The Morgan fingerprint density at radius 3 is 2.04 bits per heavy atom. The summed E-state index contributed by atoms with van der Waals surface area (Å²) in [6.45, 7) is 0. The van der Waals surface area contributed by atoms with Gasteiger partial charge >= 0.3 is 0 Å². The summed E-state index contributed by atoms with van der Waals surface area (Å²) in [5.41, 5.74) is 4.98. The minimum Gasteiger partial charge on any atom is -0.497 e. The summed E-state index contributed by atoms with van der Waals surface area (Å²) < 4.78 is 5.30. The first kappa shape index (κ1) is 15.4. The number of aliphatic imine (C=N–C) groups is 1. The Morgan fingerprint density at radius 1 is 0.731 bits per heavy atom. The van der Waals surface area contributed by atoms with Crippen LogP contribution in [-0.2, 0) is 0 Å². The highest BCUT2D eigenvalue weighted by molar-refractivity contribution is 6.08. The highest BCUT2D eigenvalue weighted by Gasteiger charge is 2.59. The topological polar surface area (TPSA) is 24.6 Å². The molecule has 0 saturated carbocycles. The van der Waals surface area contributed by atoms with E-state index in [0.29, 0.717) is 12.1 Å². The van der Waals surface area contributed by atoms with Crippen LogP contribution in [0, 0.1) is 0 Å². The third-order valence-electron chi connectivity index (χ3n) is 5.30. The van der Waals surface area contributed by atoms with Gasteiger partial charge < -0.3 is 4.74 Å². The molecule has 5 rings (SSSR count). The number of benzene rings is 3. The number of methoxy groups -OCH3 is 1. The predicted molar refractivity (Wildman–Crippen MR) is 104 cm³/mol. The number of fused-ring (bicyclic) bond motifs is 1. The van der Waals surface area contributed by atoms with E-state index in [0.717, 1.165) is 5.75 Å². The van der Waals surface area contributed by atoms with Crippen LogP contribution < -0.4 is 4.74 Å². The van der Waals surface area contributed by atoms with Crippen LogP contribution in [0.1, 0.15) is 28.9 Å². The quantitative estimate of drug-likeness (QED) is 0.647. The van der Waals surface area contributed by atoms with Gasteiger partial charge in [-0.3, -0.25) is 9.89 Å². The van der Waals surface area contributed by atoms with E-state index in [9.17, 15) is 0 Å². The van der Waals surface area contributed by atoms with E-state index < -0.39 is 0 Å². The monoisotopic (exact) mass is 340 g/mol. The zero-order valence-corrected chi connectivity index (χ0v) is 14.6. The molecule has 2 heterocycles. The third-order valence-corrected chi connectivity index (χ3v) is 5.30. The van der Waals surface area contributed by atoms with Crippen molar-refractivity contribution in [1.29, 1.82) is 0 Å². The van der Waals surface area contributed by atoms with Crippen LogP contribution in [0.25, 0.3) is 0 Å². The summed E-state index contributed by atoms with van der Waals surface area (Å²) in [6, 6.07) is 30.3. The molecule has 3 aromatic rings. The van der Waals surface area contributed by atoms with Crippen LogP contribution in [0.5, 0.6) is 5.75 Å². The Morgan fingerprint density at radius 2 is 1.38 bits per heavy atom. The van der Waals surface area contributed by atoms with E-state index in [1.54, 1.807) is 7.11 Å². The molecule has 0 aromatic heterocycles. The second-order valence-electron chi connectivity index (χ2n) is 6.77. The molecule has 1 fully saturated rings. The summed E-state index contributed by atoms with van der Waals surface area (Å²) in [6.07, 6.45) is 0.0614. The maximum Gasteiger partial charge on any atom is 0.129 e. The highest BCUT2D eigenvalue weighted by atomic mass is 16.5. The molecular weight excluding hydrogens is 320 g/mol. The first-order valence-electron chi connectivity index (χ1n) is 8.96. The van der Waals surface area contributed by atoms with Crippen molar-refractivity contribution >= 4 is 5.71 Å². The molecule has 4 atom stereocenters. The molecule has 128 valence electrons. The van der Waals surface area contributed by atoms with Gasteiger partial charge in [0.2, 0.25) is 0 Å². The Balaban J connectivity index is 1.55. The van der Waals surface area contributed by atoms with Crippen molar-refractivity contribution in [2.45, 2.75) is 18.2 Å². The summed E-state index contributed by atoms with van der Waals surface area (Å²) in [5, 5.41) is 0. The SMILES string of the molecule is COc1ccc([C@@H]2N=C(c3ccccc3)[C@H]3[C@@H](c4ccccc4)N23)cc1. The Bertz CT molecular complexity index is 935. The normalized spacial score (nSPS) is 26.1. The van der Waals surface area contributed by atoms with Crippen molar-refractivity contribution in [3.8, 4) is 5.75 Å². The lowest BCUT2D eigenvalue weighted by atomic mass is 10.0. The Labute approximate surface area is 153 Å². The number of rotatable bonds is 4. The van der Waals surface area contributed by atoms with Gasteiger partial charge in [-0.1, -0.05) is 72.8 Å². The van der Waals surface area contributed by atoms with Gasteiger partial charge in [-0.2, -0.15) is 0 Å². The molecular formula is C23H20N2O. The van der Waals surface area contributed by atoms with Gasteiger partial charge in [0.25, 0.3) is 0 Å². The minimum atomic E-state index is 0.0614. The average Bonchev–Trinajstić information content (AvgIpc) is 3.33. The Hall–Kier alpha value is -2.91. The fraction of sp³-hybridized carbons (Fsp3) is 0.174. The number of hydrogen-bond donors (Lipinski definition) is 0. The first-order valence-corrected chi connectivity index (χ1v) is 8.96. The van der Waals surface area contributed by atoms with Crippen LogP contribution >= 0.6 is 0 Å². The van der Waals surface area contributed by atoms with E-state index in [2.05, 4.69) is 77.7 Å². The van der Waals surface area contributed by atoms with E-state index >= 15 is 0 Å². The van der Waals surface area contributed by atoms with Crippen molar-refractivity contribution in [1.82, 2.24) is 4.90 Å². The minimum absolute atomic E-state index is 0.0614. The molecule has 0 amide bonds. The van der Waals surface area contributed by atoms with Gasteiger partial charge in [0.1, 0.15) is 11.9 Å². The maximum absolute atomic E-state index is 5.30. The standard InChI is InChI=1S/C23H20N2O/c1-26-19-14-12-18(13-15-19)23-24-20(16-8-4-2-5-9-16)22-21(25(22)23)17-10-6-3-7-11-17/h2-15,21-23H,1H3/t21-,22+,23-,25?/m1/s1. The van der Waals surface area contributed by atoms with Gasteiger partial charge in [-0.05, 0) is 28.8 Å². The highest BCUT2D eigenvalue weighted by Crippen LogP contribution is 2.55. The molecule has 1 saturated heterocycles. The van der Waals surface area contributed by atoms with Crippen molar-refractivity contribution in [3.05, 3.63) is 102 Å². The van der Waals surface area contributed by atoms with Gasteiger partial charge in [-0.15, -0.1) is 0 Å². The number of nitrogens with zero attached hydrogens (tertiary/aromatic N) is 2. The summed E-state index contributed by atoms with van der Waals surface area (Å²) in [4.78, 5) is 7.59. The first-order chi connectivity index (χ1) is 12.9. The molecule has 2 aliphatic heterocycles. The lowest BCUT2D eigenvalue weighted by molar-refractivity contribution is 0.400. The van der Waals surface area contributed by atoms with Gasteiger partial charge in [0.05, 0.1) is 24.9 Å². The number of ether oxygens (including phenoxy) is 1. The lowest BCUT2D eigenvalue weighted by Crippen LogP contribution is -2.08. The van der Waals surface area contributed by atoms with Crippen molar-refractivity contribution < 1.29 is 4.74 Å². The summed E-state index contributed by atoms with van der Waals surface area (Å²) in [5.74, 6) is 0.876. The van der Waals surface area contributed by atoms with Gasteiger partial charge in [0, 0.05) is 0 Å². The van der Waals surface area contributed by atoms with E-state index in [4.69, 9.17) is 9.73 Å². The van der Waals surface area contributed by atoms with Gasteiger partial charge in [0.15, 0.2) is 0 Å². The second-order valence-corrected chi connectivity index (χ2v) is 6.77. The van der Waals surface area contributed by atoms with Crippen molar-refractivity contribution in [3.63, 3.8) is 0 Å². The molecule has 3 nitrogen and oxygen atoms in total. The zero-order chi connectivity index (χ0) is 17.5. The molecule has 0 N–H and O–H groups in total. The van der Waals surface area contributed by atoms with Crippen molar-refractivity contribution in [2.75, 3.05) is 7.11 Å². The van der Waals surface area contributed by atoms with E-state index in [-0.39, 0.29) is 6.17 Å². The molecule has 0 radical (unpaired) electrons. The summed E-state index contributed by atoms with van der Waals surface area (Å²) >= 11 is 0. The zero-order valence-electron chi connectivity index (χ0n) is 14.6. The molecule has 0 bridgehead atoms. The van der Waals surface area contributed by atoms with Crippen LogP contribution in [0.3, 0.4) is 0 Å². The lowest BCUT2D eigenvalue weighted by Gasteiger charge is -2.15. The third kappa shape index (κ3) is 2.44. The fourth-order valence-electron chi connectivity index (χ4n) is 4.00. The van der Waals surface area contributed by atoms with Crippen LogP contribution in [-0.4, -0.2) is 23.8 Å². The molecule has 3 heteroatoms. The van der Waals surface area contributed by atoms with Crippen molar-refractivity contribution in [2.24, 2.45) is 4.99 Å². The molecule has 1 unspecified atom stereocenters. The van der Waals surface area contributed by atoms with E-state index in [1.165, 1.54) is 22.4 Å². The van der Waals surface area contributed by atoms with Gasteiger partial charge in [-0.25, -0.2) is 0 Å². The molecule has 0 aliphatic carbocycles. The molecule has 26 heavy (non-hydrogen) atoms. The van der Waals surface area contributed by atoms with Crippen LogP contribution in [0.4, 0.5) is 0 Å². The smallest absolute Gasteiger partial charge is 0.129 e. The maximum atomic E-state index is 5.30. The fourth-order valence-corrected chi connectivity index (χ4v) is 4.00. The molecule has 2 aliphatic rings. The van der Waals surface area contributed by atoms with Crippen LogP contribution in [0.15, 0.2) is 89.9 Å². The predicted octanol–water partition coefficient (Wildman–Crippen LogP) is 4.62. The average molecular weight is 340 g/mol. The van der Waals surface area contributed by atoms with E-state index in [1.807, 2.05) is 12.1 Å².